The van der Waals surface area contributed by atoms with Crippen molar-refractivity contribution in [3.05, 3.63) is 33.9 Å². The van der Waals surface area contributed by atoms with Crippen LogP contribution in [0.1, 0.15) is 18.4 Å². The standard InChI is InChI=1S/C11H14N2O3/c14-10-3-4-11(13(15)16)9(7-10)8-12-5-1-2-6-12/h3-4,7,14H,1-2,5-6,8H2. The van der Waals surface area contributed by atoms with Gasteiger partial charge in [0, 0.05) is 18.2 Å². The average molecular weight is 222 g/mol. The molecule has 1 saturated heterocycles. The summed E-state index contributed by atoms with van der Waals surface area (Å²) in [7, 11) is 0. The maximum absolute atomic E-state index is 10.8. The van der Waals surface area contributed by atoms with Crippen molar-refractivity contribution in [1.82, 2.24) is 4.90 Å². The van der Waals surface area contributed by atoms with Gasteiger partial charge in [-0.3, -0.25) is 15.0 Å². The van der Waals surface area contributed by atoms with Crippen molar-refractivity contribution in [1.29, 1.82) is 0 Å². The summed E-state index contributed by atoms with van der Waals surface area (Å²) >= 11 is 0. The average Bonchev–Trinajstić information content (AvgIpc) is 2.70. The Hall–Kier alpha value is -1.62. The third-order valence-electron chi connectivity index (χ3n) is 2.85. The fraction of sp³-hybridized carbons (Fsp3) is 0.455. The lowest BCUT2D eigenvalue weighted by atomic mass is 10.1. The fourth-order valence-corrected chi connectivity index (χ4v) is 2.06. The molecule has 0 spiro atoms. The van der Waals surface area contributed by atoms with E-state index in [4.69, 9.17) is 0 Å². The van der Waals surface area contributed by atoms with Crippen molar-refractivity contribution in [2.75, 3.05) is 13.1 Å². The largest absolute Gasteiger partial charge is 0.508 e. The Balaban J connectivity index is 2.22. The van der Waals surface area contributed by atoms with Gasteiger partial charge in [0.15, 0.2) is 0 Å². The van der Waals surface area contributed by atoms with Gasteiger partial charge in [-0.2, -0.15) is 0 Å². The third-order valence-corrected chi connectivity index (χ3v) is 2.85. The van der Waals surface area contributed by atoms with E-state index in [2.05, 4.69) is 4.90 Å². The van der Waals surface area contributed by atoms with E-state index in [1.807, 2.05) is 0 Å². The molecule has 0 amide bonds. The first-order valence-electron chi connectivity index (χ1n) is 5.35. The van der Waals surface area contributed by atoms with Crippen LogP contribution in [0.25, 0.3) is 0 Å². The van der Waals surface area contributed by atoms with Gasteiger partial charge in [0.1, 0.15) is 5.75 Å². The normalized spacial score (nSPS) is 16.5. The Morgan fingerprint density at radius 3 is 2.69 bits per heavy atom. The van der Waals surface area contributed by atoms with Crippen LogP contribution in [0.15, 0.2) is 18.2 Å². The second kappa shape index (κ2) is 4.49. The zero-order valence-corrected chi connectivity index (χ0v) is 8.93. The first-order valence-corrected chi connectivity index (χ1v) is 5.35. The highest BCUT2D eigenvalue weighted by Gasteiger charge is 2.19. The van der Waals surface area contributed by atoms with Crippen molar-refractivity contribution in [3.63, 3.8) is 0 Å². The molecule has 1 aromatic carbocycles. The van der Waals surface area contributed by atoms with Gasteiger partial charge in [0.25, 0.3) is 5.69 Å². The lowest BCUT2D eigenvalue weighted by Gasteiger charge is -2.14. The molecule has 0 saturated carbocycles. The second-order valence-corrected chi connectivity index (χ2v) is 4.05. The Kier molecular flexibility index (Phi) is 3.05. The first kappa shape index (κ1) is 10.9. The second-order valence-electron chi connectivity index (χ2n) is 4.05. The summed E-state index contributed by atoms with van der Waals surface area (Å²) in [4.78, 5) is 12.6. The van der Waals surface area contributed by atoms with Crippen molar-refractivity contribution in [2.24, 2.45) is 0 Å². The van der Waals surface area contributed by atoms with Crippen LogP contribution in [0.2, 0.25) is 0 Å². The number of nitro benzene ring substituents is 1. The molecule has 0 aromatic heterocycles. The number of likely N-dealkylation sites (tertiary alicyclic amines) is 1. The van der Waals surface area contributed by atoms with Crippen LogP contribution in [0.4, 0.5) is 5.69 Å². The minimum Gasteiger partial charge on any atom is -0.508 e. The van der Waals surface area contributed by atoms with E-state index in [9.17, 15) is 15.2 Å². The number of nitrogens with zero attached hydrogens (tertiary/aromatic N) is 2. The van der Waals surface area contributed by atoms with Gasteiger partial charge < -0.3 is 5.11 Å². The number of nitro groups is 1. The monoisotopic (exact) mass is 222 g/mol. The Labute approximate surface area is 93.5 Å². The summed E-state index contributed by atoms with van der Waals surface area (Å²) in [5.41, 5.74) is 0.677. The molecule has 86 valence electrons. The van der Waals surface area contributed by atoms with Crippen molar-refractivity contribution < 1.29 is 10.0 Å². The number of hydrogen-bond acceptors (Lipinski definition) is 4. The molecule has 5 nitrogen and oxygen atoms in total. The summed E-state index contributed by atoms with van der Waals surface area (Å²) in [6, 6.07) is 4.20. The number of hydrogen-bond donors (Lipinski definition) is 1. The molecule has 1 aliphatic heterocycles. The minimum atomic E-state index is -0.398. The van der Waals surface area contributed by atoms with E-state index in [-0.39, 0.29) is 11.4 Å². The van der Waals surface area contributed by atoms with Crippen LogP contribution in [-0.4, -0.2) is 28.0 Å². The Morgan fingerprint density at radius 2 is 2.06 bits per heavy atom. The van der Waals surface area contributed by atoms with Gasteiger partial charge in [-0.15, -0.1) is 0 Å². The van der Waals surface area contributed by atoms with Crippen LogP contribution < -0.4 is 0 Å². The quantitative estimate of drug-likeness (QED) is 0.626. The van der Waals surface area contributed by atoms with Crippen LogP contribution in [0.3, 0.4) is 0 Å². The number of phenols is 1. The van der Waals surface area contributed by atoms with E-state index in [1.54, 1.807) is 0 Å². The van der Waals surface area contributed by atoms with Gasteiger partial charge in [0.05, 0.1) is 4.92 Å². The molecular weight excluding hydrogens is 208 g/mol. The van der Waals surface area contributed by atoms with Crippen LogP contribution >= 0.6 is 0 Å². The SMILES string of the molecule is O=[N+]([O-])c1ccc(O)cc1CN1CCCC1. The molecule has 0 bridgehead atoms. The number of phenolic OH excluding ortho intramolecular Hbond substituents is 1. The lowest BCUT2D eigenvalue weighted by molar-refractivity contribution is -0.385. The summed E-state index contributed by atoms with van der Waals surface area (Å²) < 4.78 is 0. The summed E-state index contributed by atoms with van der Waals surface area (Å²) in [5.74, 6) is 0.0831. The van der Waals surface area contributed by atoms with E-state index < -0.39 is 4.92 Å². The highest BCUT2D eigenvalue weighted by Crippen LogP contribution is 2.25. The zero-order chi connectivity index (χ0) is 11.5. The van der Waals surface area contributed by atoms with Crippen LogP contribution in [-0.2, 0) is 6.54 Å². The summed E-state index contributed by atoms with van der Waals surface area (Å²) in [6.45, 7) is 2.50. The first-order chi connectivity index (χ1) is 7.66. The maximum Gasteiger partial charge on any atom is 0.274 e. The molecule has 0 unspecified atom stereocenters. The molecule has 1 heterocycles. The van der Waals surface area contributed by atoms with Crippen molar-refractivity contribution >= 4 is 5.69 Å². The molecule has 0 aliphatic carbocycles. The van der Waals surface area contributed by atoms with E-state index in [0.29, 0.717) is 12.1 Å². The van der Waals surface area contributed by atoms with Crippen molar-refractivity contribution in [2.45, 2.75) is 19.4 Å². The molecule has 1 N–H and O–H groups in total. The lowest BCUT2D eigenvalue weighted by Crippen LogP contribution is -2.19. The van der Waals surface area contributed by atoms with Crippen LogP contribution in [0, 0.1) is 10.1 Å². The topological polar surface area (TPSA) is 66.6 Å². The molecule has 0 radical (unpaired) electrons. The molecule has 5 heteroatoms. The number of aromatic hydroxyl groups is 1. The van der Waals surface area contributed by atoms with Crippen LogP contribution in [0.5, 0.6) is 5.75 Å². The molecular formula is C11H14N2O3. The molecule has 1 fully saturated rings. The van der Waals surface area contributed by atoms with Gasteiger partial charge in [0.2, 0.25) is 0 Å². The predicted octanol–water partition coefficient (Wildman–Crippen LogP) is 1.90. The number of rotatable bonds is 3. The molecule has 0 atom stereocenters. The molecule has 1 aromatic rings. The van der Waals surface area contributed by atoms with Gasteiger partial charge >= 0.3 is 0 Å². The van der Waals surface area contributed by atoms with E-state index in [0.717, 1.165) is 25.9 Å². The van der Waals surface area contributed by atoms with Crippen molar-refractivity contribution in [3.8, 4) is 5.75 Å². The minimum absolute atomic E-state index is 0.0831. The highest BCUT2D eigenvalue weighted by molar-refractivity contribution is 5.44. The zero-order valence-electron chi connectivity index (χ0n) is 8.93. The Morgan fingerprint density at radius 1 is 1.38 bits per heavy atom. The van der Waals surface area contributed by atoms with E-state index in [1.165, 1.54) is 18.2 Å². The third kappa shape index (κ3) is 2.30. The fourth-order valence-electron chi connectivity index (χ4n) is 2.06. The van der Waals surface area contributed by atoms with Gasteiger partial charge in [-0.1, -0.05) is 0 Å². The van der Waals surface area contributed by atoms with Gasteiger partial charge in [-0.25, -0.2) is 0 Å². The molecule has 1 aliphatic rings. The summed E-state index contributed by atoms with van der Waals surface area (Å²) in [6.07, 6.45) is 2.29. The summed E-state index contributed by atoms with van der Waals surface area (Å²) in [5, 5.41) is 20.2. The smallest absolute Gasteiger partial charge is 0.274 e. The molecule has 2 rings (SSSR count). The highest BCUT2D eigenvalue weighted by atomic mass is 16.6. The number of benzene rings is 1. The predicted molar refractivity (Wildman–Crippen MR) is 59.3 cm³/mol. The Bertz CT molecular complexity index is 400. The molecule has 16 heavy (non-hydrogen) atoms. The maximum atomic E-state index is 10.8. The van der Waals surface area contributed by atoms with Gasteiger partial charge in [-0.05, 0) is 38.1 Å². The van der Waals surface area contributed by atoms with E-state index >= 15 is 0 Å².